The number of ketones is 2. The van der Waals surface area contributed by atoms with Crippen LogP contribution in [0, 0.1) is 0 Å². The zero-order valence-corrected chi connectivity index (χ0v) is 14.6. The van der Waals surface area contributed by atoms with Gasteiger partial charge in [0.05, 0.1) is 21.3 Å². The molecule has 0 aromatic heterocycles. The van der Waals surface area contributed by atoms with Gasteiger partial charge in [-0.05, 0) is 38.8 Å². The molecule has 1 aliphatic carbocycles. The summed E-state index contributed by atoms with van der Waals surface area (Å²) in [5, 5.41) is 0. The summed E-state index contributed by atoms with van der Waals surface area (Å²) in [5.74, 6) is -0.477. The van der Waals surface area contributed by atoms with Crippen LogP contribution >= 0.6 is 31.9 Å². The minimum absolute atomic E-state index is 0.231. The summed E-state index contributed by atoms with van der Waals surface area (Å²) in [7, 11) is 0. The first kappa shape index (κ1) is 16.2. The molecule has 0 spiro atoms. The normalized spacial score (nSPS) is 19.9. The second-order valence-electron chi connectivity index (χ2n) is 4.52. The van der Waals surface area contributed by atoms with E-state index in [-0.39, 0.29) is 26.6 Å². The van der Waals surface area contributed by atoms with Gasteiger partial charge >= 0.3 is 6.09 Å². The molecule has 0 aromatic carbocycles. The molecule has 0 saturated carbocycles. The van der Waals surface area contributed by atoms with Gasteiger partial charge in [-0.15, -0.1) is 0 Å². The number of piperazine rings is 1. The highest BCUT2D eigenvalue weighted by Crippen LogP contribution is 2.29. The first-order valence-corrected chi connectivity index (χ1v) is 8.07. The SMILES string of the molecule is CCOC(=O)N1CCN(C2=CC(=O)C(Br)=C(Br)C2=O)CC1. The Balaban J connectivity index is 2.03. The third kappa shape index (κ3) is 3.37. The van der Waals surface area contributed by atoms with Gasteiger partial charge < -0.3 is 14.5 Å². The van der Waals surface area contributed by atoms with Crippen molar-refractivity contribution in [3.8, 4) is 0 Å². The van der Waals surface area contributed by atoms with Crippen molar-refractivity contribution in [2.75, 3.05) is 32.8 Å². The number of amides is 1. The van der Waals surface area contributed by atoms with Crippen molar-refractivity contribution in [3.05, 3.63) is 20.7 Å². The first-order valence-electron chi connectivity index (χ1n) is 6.48. The Morgan fingerprint density at radius 1 is 1.19 bits per heavy atom. The van der Waals surface area contributed by atoms with Crippen molar-refractivity contribution in [2.24, 2.45) is 0 Å². The van der Waals surface area contributed by atoms with Crippen molar-refractivity contribution in [1.29, 1.82) is 0 Å². The predicted octanol–water partition coefficient (Wildman–Crippen LogP) is 1.80. The minimum atomic E-state index is -0.346. The van der Waals surface area contributed by atoms with Crippen LogP contribution in [-0.2, 0) is 14.3 Å². The zero-order valence-electron chi connectivity index (χ0n) is 11.4. The Labute approximate surface area is 139 Å². The molecule has 2 rings (SSSR count). The number of halogens is 2. The van der Waals surface area contributed by atoms with Crippen LogP contribution in [-0.4, -0.2) is 60.2 Å². The lowest BCUT2D eigenvalue weighted by Crippen LogP contribution is -2.49. The van der Waals surface area contributed by atoms with Crippen molar-refractivity contribution in [2.45, 2.75) is 6.92 Å². The van der Waals surface area contributed by atoms with Crippen LogP contribution in [0.3, 0.4) is 0 Å². The van der Waals surface area contributed by atoms with Gasteiger partial charge in [0, 0.05) is 32.3 Å². The smallest absolute Gasteiger partial charge is 0.409 e. The van der Waals surface area contributed by atoms with Gasteiger partial charge in [0.2, 0.25) is 5.78 Å². The maximum atomic E-state index is 12.2. The van der Waals surface area contributed by atoms with E-state index in [1.807, 2.05) is 4.90 Å². The molecular weight excluding hydrogens is 408 g/mol. The molecule has 114 valence electrons. The van der Waals surface area contributed by atoms with Gasteiger partial charge in [-0.25, -0.2) is 4.79 Å². The Kier molecular flexibility index (Phi) is 5.21. The summed E-state index contributed by atoms with van der Waals surface area (Å²) < 4.78 is 5.41. The van der Waals surface area contributed by atoms with Crippen LogP contribution in [0.25, 0.3) is 0 Å². The number of rotatable bonds is 2. The Bertz CT molecular complexity index is 548. The average Bonchev–Trinajstić information content (AvgIpc) is 2.49. The Morgan fingerprint density at radius 3 is 2.38 bits per heavy atom. The highest BCUT2D eigenvalue weighted by atomic mass is 79.9. The van der Waals surface area contributed by atoms with E-state index in [1.165, 1.54) is 6.08 Å². The fraction of sp³-hybridized carbons (Fsp3) is 0.462. The van der Waals surface area contributed by atoms with Crippen molar-refractivity contribution >= 4 is 49.5 Å². The molecule has 1 fully saturated rings. The van der Waals surface area contributed by atoms with Gasteiger partial charge in [-0.3, -0.25) is 9.59 Å². The molecule has 0 N–H and O–H groups in total. The van der Waals surface area contributed by atoms with Crippen molar-refractivity contribution in [3.63, 3.8) is 0 Å². The van der Waals surface area contributed by atoms with Crippen LogP contribution in [0.2, 0.25) is 0 Å². The summed E-state index contributed by atoms with van der Waals surface area (Å²) in [4.78, 5) is 39.0. The first-order chi connectivity index (χ1) is 9.95. The van der Waals surface area contributed by atoms with E-state index in [9.17, 15) is 14.4 Å². The lowest BCUT2D eigenvalue weighted by atomic mass is 10.1. The molecule has 2 aliphatic rings. The van der Waals surface area contributed by atoms with Gasteiger partial charge in [-0.1, -0.05) is 0 Å². The van der Waals surface area contributed by atoms with Gasteiger partial charge in [-0.2, -0.15) is 0 Å². The molecule has 1 amide bonds. The molecule has 8 heteroatoms. The fourth-order valence-electron chi connectivity index (χ4n) is 2.15. The standard InChI is InChI=1S/C13H14Br2N2O4/c1-2-21-13(20)17-5-3-16(4-6-17)8-7-9(18)10(14)11(15)12(8)19/h7H,2-6H2,1H3. The van der Waals surface area contributed by atoms with E-state index in [0.717, 1.165) is 0 Å². The maximum absolute atomic E-state index is 12.2. The molecule has 0 aromatic rings. The molecular formula is C13H14Br2N2O4. The third-order valence-corrected chi connectivity index (χ3v) is 5.33. The van der Waals surface area contributed by atoms with E-state index in [1.54, 1.807) is 11.8 Å². The van der Waals surface area contributed by atoms with Crippen LogP contribution in [0.1, 0.15) is 6.92 Å². The predicted molar refractivity (Wildman–Crippen MR) is 83.1 cm³/mol. The molecule has 1 aliphatic heterocycles. The fourth-order valence-corrected chi connectivity index (χ4v) is 2.85. The largest absolute Gasteiger partial charge is 0.450 e. The number of nitrogens with zero attached hydrogens (tertiary/aromatic N) is 2. The number of ether oxygens (including phenoxy) is 1. The van der Waals surface area contributed by atoms with Crippen molar-refractivity contribution < 1.29 is 19.1 Å². The molecule has 0 bridgehead atoms. The van der Waals surface area contributed by atoms with E-state index in [2.05, 4.69) is 31.9 Å². The van der Waals surface area contributed by atoms with Gasteiger partial charge in [0.15, 0.2) is 5.78 Å². The number of carbonyl (C=O) groups is 3. The summed E-state index contributed by atoms with van der Waals surface area (Å²) in [6.45, 7) is 3.99. The topological polar surface area (TPSA) is 66.9 Å². The molecule has 6 nitrogen and oxygen atoms in total. The highest BCUT2D eigenvalue weighted by molar-refractivity contribution is 9.14. The quantitative estimate of drug-likeness (QED) is 0.636. The van der Waals surface area contributed by atoms with E-state index in [4.69, 9.17) is 4.74 Å². The number of allylic oxidation sites excluding steroid dienone is 3. The Hall–Kier alpha value is -1.15. The summed E-state index contributed by atoms with van der Waals surface area (Å²) in [5.41, 5.74) is 0.360. The monoisotopic (exact) mass is 420 g/mol. The lowest BCUT2D eigenvalue weighted by molar-refractivity contribution is -0.116. The number of hydrogen-bond acceptors (Lipinski definition) is 5. The van der Waals surface area contributed by atoms with Crippen LogP contribution in [0.5, 0.6) is 0 Å². The average molecular weight is 422 g/mol. The molecule has 0 unspecified atom stereocenters. The second-order valence-corrected chi connectivity index (χ2v) is 6.11. The van der Waals surface area contributed by atoms with Crippen LogP contribution in [0.15, 0.2) is 20.7 Å². The zero-order chi connectivity index (χ0) is 15.6. The van der Waals surface area contributed by atoms with Gasteiger partial charge in [0.1, 0.15) is 0 Å². The summed E-state index contributed by atoms with van der Waals surface area (Å²) in [6, 6.07) is 0. The minimum Gasteiger partial charge on any atom is -0.450 e. The molecule has 1 heterocycles. The van der Waals surface area contributed by atoms with E-state index in [0.29, 0.717) is 38.5 Å². The van der Waals surface area contributed by atoms with E-state index >= 15 is 0 Å². The number of Topliss-reactive ketones (excluding diaryl/α,β-unsaturated/α-hetero) is 1. The molecule has 0 atom stereocenters. The Morgan fingerprint density at radius 2 is 1.81 bits per heavy atom. The van der Waals surface area contributed by atoms with Crippen LogP contribution < -0.4 is 0 Å². The maximum Gasteiger partial charge on any atom is 0.409 e. The van der Waals surface area contributed by atoms with Crippen molar-refractivity contribution in [1.82, 2.24) is 9.80 Å². The molecule has 0 radical (unpaired) electrons. The third-order valence-electron chi connectivity index (χ3n) is 3.26. The lowest BCUT2D eigenvalue weighted by Gasteiger charge is -2.36. The van der Waals surface area contributed by atoms with E-state index < -0.39 is 0 Å². The van der Waals surface area contributed by atoms with Gasteiger partial charge in [0.25, 0.3) is 0 Å². The second kappa shape index (κ2) is 6.74. The number of hydrogen-bond donors (Lipinski definition) is 0. The van der Waals surface area contributed by atoms with Crippen LogP contribution in [0.4, 0.5) is 4.79 Å². The number of carbonyl (C=O) groups excluding carboxylic acids is 3. The summed E-state index contributed by atoms with van der Waals surface area (Å²) in [6.07, 6.45) is 0.984. The molecule has 21 heavy (non-hydrogen) atoms. The summed E-state index contributed by atoms with van der Waals surface area (Å²) >= 11 is 6.22. The molecule has 1 saturated heterocycles. The highest BCUT2D eigenvalue weighted by Gasteiger charge is 2.31.